The molecule has 0 bridgehead atoms. The van der Waals surface area contributed by atoms with Gasteiger partial charge in [0.15, 0.2) is 0 Å². The van der Waals surface area contributed by atoms with Crippen LogP contribution >= 0.6 is 0 Å². The molecule has 1 heterocycles. The van der Waals surface area contributed by atoms with Crippen molar-refractivity contribution in [2.75, 3.05) is 5.32 Å². The Labute approximate surface area is 113 Å². The monoisotopic (exact) mass is 264 g/mol. The van der Waals surface area contributed by atoms with Crippen LogP contribution in [-0.2, 0) is 4.79 Å². The van der Waals surface area contributed by atoms with E-state index < -0.39 is 5.97 Å². The highest BCUT2D eigenvalue weighted by molar-refractivity contribution is 5.93. The lowest BCUT2D eigenvalue weighted by Crippen LogP contribution is -2.12. The summed E-state index contributed by atoms with van der Waals surface area (Å²) >= 11 is 0. The summed E-state index contributed by atoms with van der Waals surface area (Å²) < 4.78 is 0. The summed E-state index contributed by atoms with van der Waals surface area (Å²) in [5.41, 5.74) is 0.499. The quantitative estimate of drug-likeness (QED) is 0.707. The summed E-state index contributed by atoms with van der Waals surface area (Å²) in [6, 6.07) is 1.41. The van der Waals surface area contributed by atoms with Crippen LogP contribution in [0.3, 0.4) is 0 Å². The minimum Gasteiger partial charge on any atom is -0.478 e. The summed E-state index contributed by atoms with van der Waals surface area (Å²) in [5, 5.41) is 11.5. The van der Waals surface area contributed by atoms with Gasteiger partial charge in [-0.2, -0.15) is 0 Å². The number of unbranched alkanes of at least 4 members (excludes halogenated alkanes) is 4. The Kier molecular flexibility index (Phi) is 6.57. The molecule has 0 radical (unpaired) electrons. The van der Waals surface area contributed by atoms with Crippen LogP contribution in [0.2, 0.25) is 0 Å². The highest BCUT2D eigenvalue weighted by Gasteiger charge is 2.06. The lowest BCUT2D eigenvalue weighted by atomic mass is 10.1. The molecular weight excluding hydrogens is 244 g/mol. The smallest absolute Gasteiger partial charge is 0.337 e. The Bertz CT molecular complexity index is 432. The van der Waals surface area contributed by atoms with Gasteiger partial charge in [-0.1, -0.05) is 32.6 Å². The second kappa shape index (κ2) is 8.24. The summed E-state index contributed by atoms with van der Waals surface area (Å²) in [6.45, 7) is 2.15. The van der Waals surface area contributed by atoms with Gasteiger partial charge in [0.05, 0.1) is 17.4 Å². The zero-order valence-corrected chi connectivity index (χ0v) is 11.2. The number of carboxylic acids is 1. The van der Waals surface area contributed by atoms with E-state index in [2.05, 4.69) is 17.2 Å². The predicted molar refractivity (Wildman–Crippen MR) is 73.2 cm³/mol. The number of nitrogens with zero attached hydrogens (tertiary/aromatic N) is 1. The number of aromatic carboxylic acids is 1. The molecule has 0 aliphatic carbocycles. The van der Waals surface area contributed by atoms with Crippen LogP contribution in [0.25, 0.3) is 0 Å². The number of carboxylic acid groups (broad SMARTS) is 1. The summed E-state index contributed by atoms with van der Waals surface area (Å²) in [7, 11) is 0. The molecule has 0 unspecified atom stereocenters. The first kappa shape index (κ1) is 15.1. The minimum atomic E-state index is -1.05. The topological polar surface area (TPSA) is 79.3 Å². The molecule has 0 saturated carbocycles. The molecule has 0 fully saturated rings. The number of nitrogens with one attached hydrogen (secondary N) is 1. The fourth-order valence-corrected chi connectivity index (χ4v) is 1.74. The summed E-state index contributed by atoms with van der Waals surface area (Å²) in [5.74, 6) is -1.15. The van der Waals surface area contributed by atoms with Crippen molar-refractivity contribution in [3.05, 3.63) is 24.0 Å². The number of carbonyl (C=O) groups is 2. The third kappa shape index (κ3) is 5.99. The van der Waals surface area contributed by atoms with Gasteiger partial charge in [-0.25, -0.2) is 4.79 Å². The predicted octanol–water partition coefficient (Wildman–Crippen LogP) is 3.08. The van der Waals surface area contributed by atoms with Crippen LogP contribution in [0.5, 0.6) is 0 Å². The van der Waals surface area contributed by atoms with Gasteiger partial charge in [-0.15, -0.1) is 0 Å². The Morgan fingerprint density at radius 3 is 2.63 bits per heavy atom. The van der Waals surface area contributed by atoms with Gasteiger partial charge < -0.3 is 10.4 Å². The fraction of sp³-hybridized carbons (Fsp3) is 0.500. The zero-order valence-electron chi connectivity index (χ0n) is 11.2. The number of carbonyl (C=O) groups excluding carboxylic acids is 1. The average Bonchev–Trinajstić information content (AvgIpc) is 2.38. The number of amides is 1. The van der Waals surface area contributed by atoms with Gasteiger partial charge in [-0.3, -0.25) is 9.78 Å². The van der Waals surface area contributed by atoms with Crippen molar-refractivity contribution in [2.24, 2.45) is 0 Å². The number of hydrogen-bond acceptors (Lipinski definition) is 3. The molecular formula is C14H20N2O3. The number of aromatic nitrogens is 1. The summed E-state index contributed by atoms with van der Waals surface area (Å²) in [4.78, 5) is 26.2. The second-order valence-corrected chi connectivity index (χ2v) is 4.48. The van der Waals surface area contributed by atoms with Crippen molar-refractivity contribution in [1.82, 2.24) is 4.98 Å². The molecule has 1 aromatic heterocycles. The molecule has 5 heteroatoms. The van der Waals surface area contributed by atoms with Crippen LogP contribution in [0.1, 0.15) is 55.8 Å². The van der Waals surface area contributed by atoms with Crippen molar-refractivity contribution < 1.29 is 14.7 Å². The van der Waals surface area contributed by atoms with Crippen molar-refractivity contribution >= 4 is 17.6 Å². The van der Waals surface area contributed by atoms with Gasteiger partial charge in [0.1, 0.15) is 0 Å². The largest absolute Gasteiger partial charge is 0.478 e. The third-order valence-corrected chi connectivity index (χ3v) is 2.78. The number of anilines is 1. The highest BCUT2D eigenvalue weighted by Crippen LogP contribution is 2.10. The van der Waals surface area contributed by atoms with Crippen LogP contribution in [0, 0.1) is 0 Å². The molecule has 1 rings (SSSR count). The maximum Gasteiger partial charge on any atom is 0.337 e. The van der Waals surface area contributed by atoms with Gasteiger partial charge in [-0.05, 0) is 12.5 Å². The van der Waals surface area contributed by atoms with Crippen LogP contribution in [-0.4, -0.2) is 22.0 Å². The van der Waals surface area contributed by atoms with Crippen LogP contribution < -0.4 is 5.32 Å². The standard InChI is InChI=1S/C14H20N2O3/c1-2-3-4-5-6-7-13(17)16-12-8-11(14(18)19)9-15-10-12/h8-10H,2-7H2,1H3,(H,16,17)(H,18,19). The fourth-order valence-electron chi connectivity index (χ4n) is 1.74. The Morgan fingerprint density at radius 1 is 1.21 bits per heavy atom. The van der Waals surface area contributed by atoms with E-state index in [4.69, 9.17) is 5.11 Å². The molecule has 19 heavy (non-hydrogen) atoms. The Morgan fingerprint density at radius 2 is 1.95 bits per heavy atom. The van der Waals surface area contributed by atoms with Gasteiger partial charge >= 0.3 is 5.97 Å². The molecule has 0 spiro atoms. The Hall–Kier alpha value is -1.91. The first-order chi connectivity index (χ1) is 9.13. The molecule has 5 nitrogen and oxygen atoms in total. The molecule has 1 amide bonds. The minimum absolute atomic E-state index is 0.0701. The van der Waals surface area contributed by atoms with Crippen molar-refractivity contribution in [3.63, 3.8) is 0 Å². The number of rotatable bonds is 8. The van der Waals surface area contributed by atoms with Gasteiger partial charge in [0, 0.05) is 12.6 Å². The zero-order chi connectivity index (χ0) is 14.1. The molecule has 0 aromatic carbocycles. The SMILES string of the molecule is CCCCCCCC(=O)Nc1cncc(C(=O)O)c1. The van der Waals surface area contributed by atoms with Gasteiger partial charge in [0.25, 0.3) is 0 Å². The number of hydrogen-bond donors (Lipinski definition) is 2. The first-order valence-electron chi connectivity index (χ1n) is 6.61. The maximum atomic E-state index is 11.6. The van der Waals surface area contributed by atoms with E-state index in [1.807, 2.05) is 0 Å². The van der Waals surface area contributed by atoms with Crippen LogP contribution in [0.15, 0.2) is 18.5 Å². The van der Waals surface area contributed by atoms with E-state index in [1.165, 1.54) is 31.3 Å². The average molecular weight is 264 g/mol. The van der Waals surface area contributed by atoms with E-state index in [1.54, 1.807) is 0 Å². The lowest BCUT2D eigenvalue weighted by molar-refractivity contribution is -0.116. The number of pyridine rings is 1. The Balaban J connectivity index is 2.35. The third-order valence-electron chi connectivity index (χ3n) is 2.78. The molecule has 1 aromatic rings. The van der Waals surface area contributed by atoms with Crippen molar-refractivity contribution in [3.8, 4) is 0 Å². The molecule has 2 N–H and O–H groups in total. The molecule has 0 aliphatic heterocycles. The van der Waals surface area contributed by atoms with E-state index >= 15 is 0 Å². The summed E-state index contributed by atoms with van der Waals surface area (Å²) in [6.07, 6.45) is 8.60. The van der Waals surface area contributed by atoms with E-state index in [0.29, 0.717) is 12.1 Å². The van der Waals surface area contributed by atoms with E-state index in [0.717, 1.165) is 19.3 Å². The normalized spacial score (nSPS) is 10.2. The lowest BCUT2D eigenvalue weighted by Gasteiger charge is -2.05. The van der Waals surface area contributed by atoms with E-state index in [9.17, 15) is 9.59 Å². The molecule has 0 saturated heterocycles. The van der Waals surface area contributed by atoms with Crippen molar-refractivity contribution in [2.45, 2.75) is 45.4 Å². The van der Waals surface area contributed by atoms with Gasteiger partial charge in [0.2, 0.25) is 5.91 Å². The molecule has 104 valence electrons. The molecule has 0 atom stereocenters. The maximum absolute atomic E-state index is 11.6. The highest BCUT2D eigenvalue weighted by atomic mass is 16.4. The van der Waals surface area contributed by atoms with Crippen molar-refractivity contribution in [1.29, 1.82) is 0 Å². The second-order valence-electron chi connectivity index (χ2n) is 4.48. The van der Waals surface area contributed by atoms with Crippen LogP contribution in [0.4, 0.5) is 5.69 Å². The first-order valence-corrected chi connectivity index (χ1v) is 6.61. The molecule has 0 aliphatic rings. The van der Waals surface area contributed by atoms with E-state index in [-0.39, 0.29) is 11.5 Å².